The van der Waals surface area contributed by atoms with Gasteiger partial charge in [-0.3, -0.25) is 9.69 Å². The number of imide groups is 1. The minimum absolute atomic E-state index is 0.0332. The van der Waals surface area contributed by atoms with Crippen LogP contribution in [0.3, 0.4) is 0 Å². The van der Waals surface area contributed by atoms with Crippen LogP contribution >= 0.6 is 0 Å². The smallest absolute Gasteiger partial charge is 0.319 e. The standard InChI is InChI=1S/C20H19N5O4S/c1-20(14-8-10-17(11-9-14)30(2,28)29)18(26)24(19(27)22-20)13-15-12-21-25(23-15)16-6-4-3-5-7-16/h3-12H,13H2,1-2H3,(H,22,27). The molecule has 30 heavy (non-hydrogen) atoms. The first-order chi connectivity index (χ1) is 14.2. The fourth-order valence-corrected chi connectivity index (χ4v) is 3.92. The number of sulfone groups is 1. The third-order valence-electron chi connectivity index (χ3n) is 4.98. The van der Waals surface area contributed by atoms with Gasteiger partial charge in [0.25, 0.3) is 5.91 Å². The Labute approximate surface area is 173 Å². The molecule has 3 aromatic rings. The van der Waals surface area contributed by atoms with Gasteiger partial charge in [0.2, 0.25) is 0 Å². The van der Waals surface area contributed by atoms with Crippen molar-refractivity contribution in [2.75, 3.05) is 6.26 Å². The number of carbonyl (C=O) groups excluding carboxylic acids is 2. The molecule has 2 heterocycles. The lowest BCUT2D eigenvalue weighted by atomic mass is 9.92. The first-order valence-corrected chi connectivity index (χ1v) is 11.0. The second kappa shape index (κ2) is 7.06. The highest BCUT2D eigenvalue weighted by atomic mass is 32.2. The van der Waals surface area contributed by atoms with Crippen LogP contribution in [-0.4, -0.2) is 46.5 Å². The number of aromatic nitrogens is 3. The number of amides is 3. The lowest BCUT2D eigenvalue weighted by Crippen LogP contribution is -2.40. The van der Waals surface area contributed by atoms with Crippen LogP contribution in [-0.2, 0) is 26.7 Å². The van der Waals surface area contributed by atoms with Crippen LogP contribution in [0.25, 0.3) is 5.69 Å². The Morgan fingerprint density at radius 2 is 1.70 bits per heavy atom. The van der Waals surface area contributed by atoms with Crippen molar-refractivity contribution < 1.29 is 18.0 Å². The van der Waals surface area contributed by atoms with Crippen molar-refractivity contribution in [3.05, 3.63) is 72.1 Å². The zero-order valence-corrected chi connectivity index (χ0v) is 17.1. The lowest BCUT2D eigenvalue weighted by molar-refractivity contribution is -0.131. The third-order valence-corrected chi connectivity index (χ3v) is 6.11. The van der Waals surface area contributed by atoms with Crippen LogP contribution in [0.5, 0.6) is 0 Å². The van der Waals surface area contributed by atoms with Gasteiger partial charge < -0.3 is 5.32 Å². The van der Waals surface area contributed by atoms with E-state index < -0.39 is 27.3 Å². The molecule has 1 aliphatic heterocycles. The Balaban J connectivity index is 1.56. The van der Waals surface area contributed by atoms with E-state index >= 15 is 0 Å². The Morgan fingerprint density at radius 1 is 1.03 bits per heavy atom. The summed E-state index contributed by atoms with van der Waals surface area (Å²) in [6.07, 6.45) is 2.61. The summed E-state index contributed by atoms with van der Waals surface area (Å²) < 4.78 is 23.3. The summed E-state index contributed by atoms with van der Waals surface area (Å²) in [6, 6.07) is 14.6. The number of carbonyl (C=O) groups is 2. The number of para-hydroxylation sites is 1. The minimum Gasteiger partial charge on any atom is -0.319 e. The molecule has 3 amide bonds. The average molecular weight is 425 g/mol. The molecule has 1 N–H and O–H groups in total. The predicted molar refractivity (Wildman–Crippen MR) is 107 cm³/mol. The normalized spacial score (nSPS) is 19.2. The van der Waals surface area contributed by atoms with Crippen molar-refractivity contribution in [3.8, 4) is 5.69 Å². The van der Waals surface area contributed by atoms with E-state index in [1.165, 1.54) is 35.3 Å². The van der Waals surface area contributed by atoms with Gasteiger partial charge in [0.1, 0.15) is 11.2 Å². The second-order valence-electron chi connectivity index (χ2n) is 7.20. The van der Waals surface area contributed by atoms with Gasteiger partial charge in [0.15, 0.2) is 9.84 Å². The molecular formula is C20H19N5O4S. The molecule has 1 atom stereocenters. The van der Waals surface area contributed by atoms with E-state index in [1.807, 2.05) is 30.3 Å². The maximum absolute atomic E-state index is 13.1. The van der Waals surface area contributed by atoms with E-state index in [0.29, 0.717) is 11.3 Å². The van der Waals surface area contributed by atoms with Crippen molar-refractivity contribution in [2.45, 2.75) is 23.9 Å². The van der Waals surface area contributed by atoms with Crippen molar-refractivity contribution in [1.82, 2.24) is 25.2 Å². The van der Waals surface area contributed by atoms with E-state index in [0.717, 1.165) is 16.8 Å². The maximum Gasteiger partial charge on any atom is 0.325 e. The molecule has 0 saturated carbocycles. The summed E-state index contributed by atoms with van der Waals surface area (Å²) in [4.78, 5) is 28.2. The summed E-state index contributed by atoms with van der Waals surface area (Å²) in [5.74, 6) is -0.450. The summed E-state index contributed by atoms with van der Waals surface area (Å²) in [5, 5.41) is 11.2. The molecule has 154 valence electrons. The zero-order chi connectivity index (χ0) is 21.5. The molecule has 9 nitrogen and oxygen atoms in total. The molecule has 0 radical (unpaired) electrons. The molecule has 1 fully saturated rings. The number of hydrogen-bond acceptors (Lipinski definition) is 6. The van der Waals surface area contributed by atoms with Crippen LogP contribution in [0.15, 0.2) is 65.7 Å². The molecule has 4 rings (SSSR count). The van der Waals surface area contributed by atoms with Gasteiger partial charge >= 0.3 is 6.03 Å². The average Bonchev–Trinajstić information content (AvgIpc) is 3.27. The quantitative estimate of drug-likeness (QED) is 0.622. The number of hydrogen-bond donors (Lipinski definition) is 1. The summed E-state index contributed by atoms with van der Waals surface area (Å²) in [7, 11) is -3.36. The van der Waals surface area contributed by atoms with Gasteiger partial charge in [-0.15, -0.1) is 0 Å². The molecule has 1 aromatic heterocycles. The van der Waals surface area contributed by atoms with E-state index in [9.17, 15) is 18.0 Å². The van der Waals surface area contributed by atoms with Crippen molar-refractivity contribution in [2.24, 2.45) is 0 Å². The van der Waals surface area contributed by atoms with Crippen molar-refractivity contribution in [3.63, 3.8) is 0 Å². The third kappa shape index (κ3) is 3.45. The van der Waals surface area contributed by atoms with Crippen molar-refractivity contribution >= 4 is 21.8 Å². The molecule has 0 bridgehead atoms. The molecule has 1 saturated heterocycles. The van der Waals surface area contributed by atoms with Gasteiger partial charge in [0, 0.05) is 6.26 Å². The lowest BCUT2D eigenvalue weighted by Gasteiger charge is -2.22. The SMILES string of the molecule is CC1(c2ccc(S(C)(=O)=O)cc2)NC(=O)N(Cc2cnn(-c3ccccc3)n2)C1=O. The fourth-order valence-electron chi connectivity index (χ4n) is 3.29. The van der Waals surface area contributed by atoms with Gasteiger partial charge in [-0.05, 0) is 36.8 Å². The van der Waals surface area contributed by atoms with Gasteiger partial charge in [-0.25, -0.2) is 13.2 Å². The second-order valence-corrected chi connectivity index (χ2v) is 9.22. The number of rotatable bonds is 5. The summed E-state index contributed by atoms with van der Waals surface area (Å²) in [6.45, 7) is 1.55. The number of nitrogens with one attached hydrogen (secondary N) is 1. The van der Waals surface area contributed by atoms with Crippen LogP contribution < -0.4 is 5.32 Å². The highest BCUT2D eigenvalue weighted by Gasteiger charge is 2.49. The predicted octanol–water partition coefficient (Wildman–Crippen LogP) is 1.64. The molecule has 1 unspecified atom stereocenters. The Kier molecular flexibility index (Phi) is 4.65. The molecule has 1 aliphatic rings. The van der Waals surface area contributed by atoms with Crippen LogP contribution in [0.2, 0.25) is 0 Å². The number of nitrogens with zero attached hydrogens (tertiary/aromatic N) is 4. The van der Waals surface area contributed by atoms with Crippen LogP contribution in [0.1, 0.15) is 18.2 Å². The molecule has 10 heteroatoms. The summed E-state index contributed by atoms with van der Waals surface area (Å²) in [5.41, 5.74) is 0.405. The summed E-state index contributed by atoms with van der Waals surface area (Å²) >= 11 is 0. The Morgan fingerprint density at radius 3 is 2.33 bits per heavy atom. The van der Waals surface area contributed by atoms with E-state index in [4.69, 9.17) is 0 Å². The van der Waals surface area contributed by atoms with E-state index in [2.05, 4.69) is 15.5 Å². The van der Waals surface area contributed by atoms with Crippen molar-refractivity contribution in [1.29, 1.82) is 0 Å². The topological polar surface area (TPSA) is 114 Å². The molecule has 0 spiro atoms. The maximum atomic E-state index is 13.1. The zero-order valence-electron chi connectivity index (χ0n) is 16.3. The van der Waals surface area contributed by atoms with Crippen LogP contribution in [0.4, 0.5) is 4.79 Å². The van der Waals surface area contributed by atoms with E-state index in [-0.39, 0.29) is 11.4 Å². The first-order valence-electron chi connectivity index (χ1n) is 9.10. The number of benzene rings is 2. The van der Waals surface area contributed by atoms with Gasteiger partial charge in [-0.2, -0.15) is 15.0 Å². The van der Waals surface area contributed by atoms with Gasteiger partial charge in [-0.1, -0.05) is 30.3 Å². The molecule has 2 aromatic carbocycles. The molecular weight excluding hydrogens is 406 g/mol. The monoisotopic (exact) mass is 425 g/mol. The van der Waals surface area contributed by atoms with Crippen LogP contribution in [0, 0.1) is 0 Å². The fraction of sp³-hybridized carbons (Fsp3) is 0.200. The van der Waals surface area contributed by atoms with E-state index in [1.54, 1.807) is 6.92 Å². The highest BCUT2D eigenvalue weighted by Crippen LogP contribution is 2.30. The first kappa shape index (κ1) is 19.8. The minimum atomic E-state index is -3.36. The van der Waals surface area contributed by atoms with Gasteiger partial charge in [0.05, 0.1) is 23.3 Å². The number of urea groups is 1. The molecule has 0 aliphatic carbocycles. The Bertz CT molecular complexity index is 1220. The Hall–Kier alpha value is -3.53. The largest absolute Gasteiger partial charge is 0.325 e. The highest BCUT2D eigenvalue weighted by molar-refractivity contribution is 7.90.